The van der Waals surface area contributed by atoms with E-state index < -0.39 is 0 Å². The van der Waals surface area contributed by atoms with E-state index in [2.05, 4.69) is 183 Å². The van der Waals surface area contributed by atoms with Crippen molar-refractivity contribution in [1.82, 2.24) is 15.0 Å². The summed E-state index contributed by atoms with van der Waals surface area (Å²) in [4.78, 5) is 14.2. The predicted octanol–water partition coefficient (Wildman–Crippen LogP) is 7.77. The van der Waals surface area contributed by atoms with Crippen molar-refractivity contribution in [2.45, 2.75) is 57.8 Å². The number of nitrogens with one attached hydrogen (secondary N) is 3. The monoisotopic (exact) mass is 678 g/mol. The average molecular weight is 679 g/mol. The van der Waals surface area contributed by atoms with Crippen molar-refractivity contribution in [2.24, 2.45) is 0 Å². The summed E-state index contributed by atoms with van der Waals surface area (Å²) in [5.74, 6) is 1.25. The molecule has 0 bridgehead atoms. The Labute approximate surface area is 301 Å². The summed E-state index contributed by atoms with van der Waals surface area (Å²) in [6, 6.07) is 25.6. The Morgan fingerprint density at radius 2 is 0.686 bits per heavy atom. The van der Waals surface area contributed by atoms with Crippen LogP contribution in [0.2, 0.25) is 0 Å². The van der Waals surface area contributed by atoms with Gasteiger partial charge in [0.25, 0.3) is 0 Å². The Hall–Kier alpha value is -5.70. The van der Waals surface area contributed by atoms with E-state index in [0.717, 1.165) is 0 Å². The van der Waals surface area contributed by atoms with Crippen LogP contribution in [0.3, 0.4) is 0 Å². The highest BCUT2D eigenvalue weighted by molar-refractivity contribution is 6.04. The number of nitrogens with zero attached hydrogens (tertiary/aromatic N) is 6. The number of hydrogen-bond donors (Lipinski definition) is 3. The van der Waals surface area contributed by atoms with Gasteiger partial charge in [0.05, 0.1) is 16.2 Å². The minimum Gasteiger partial charge on any atom is -0.330 e. The van der Waals surface area contributed by atoms with Gasteiger partial charge in [-0.15, -0.1) is 0 Å². The predicted molar refractivity (Wildman–Crippen MR) is 209 cm³/mol. The van der Waals surface area contributed by atoms with Crippen molar-refractivity contribution in [3.8, 4) is 0 Å². The fourth-order valence-electron chi connectivity index (χ4n) is 8.06. The zero-order valence-corrected chi connectivity index (χ0v) is 31.1. The lowest BCUT2D eigenvalue weighted by Crippen LogP contribution is -2.27. The largest absolute Gasteiger partial charge is 0.330 e. The molecule has 0 fully saturated rings. The third-order valence-corrected chi connectivity index (χ3v) is 10.8. The highest BCUT2D eigenvalue weighted by Gasteiger charge is 2.44. The summed E-state index contributed by atoms with van der Waals surface area (Å²) in [5.41, 5.74) is 10.7. The van der Waals surface area contributed by atoms with E-state index in [1.807, 2.05) is 18.6 Å². The Balaban J connectivity index is 1.16. The Bertz CT molecular complexity index is 1980. The molecule has 7 rings (SSSR count). The van der Waals surface area contributed by atoms with E-state index >= 15 is 0 Å². The first-order chi connectivity index (χ1) is 24.3. The molecule has 0 saturated heterocycles. The van der Waals surface area contributed by atoms with Gasteiger partial charge in [-0.3, -0.25) is 0 Å². The summed E-state index contributed by atoms with van der Waals surface area (Å²) in [6.45, 7) is 13.5. The molecule has 3 aliphatic rings. The SMILES string of the molecule is C[N+]1=C(C=CNc2nc(NC=CC3=[N+](C)c4ccccc4C3(C)C)nc(NC=CC3=[N+](C)c4ccccc4C3(C)C)n2)C(C)(C)c2ccccc21. The number of hydrogen-bond acceptors (Lipinski definition) is 6. The van der Waals surface area contributed by atoms with Gasteiger partial charge in [-0.25, -0.2) is 0 Å². The van der Waals surface area contributed by atoms with Crippen LogP contribution in [0, 0.1) is 0 Å². The Morgan fingerprint density at radius 3 is 0.941 bits per heavy atom. The molecular weight excluding hydrogens is 631 g/mol. The van der Waals surface area contributed by atoms with Crippen LogP contribution >= 0.6 is 0 Å². The van der Waals surface area contributed by atoms with Gasteiger partial charge in [0.15, 0.2) is 17.1 Å². The van der Waals surface area contributed by atoms with E-state index in [4.69, 9.17) is 15.0 Å². The molecule has 0 radical (unpaired) electrons. The van der Waals surface area contributed by atoms with Crippen LogP contribution < -0.4 is 16.0 Å². The smallest absolute Gasteiger partial charge is 0.233 e. The van der Waals surface area contributed by atoms with Gasteiger partial charge >= 0.3 is 0 Å². The summed E-state index contributed by atoms with van der Waals surface area (Å²) in [6.07, 6.45) is 12.0. The fourth-order valence-corrected chi connectivity index (χ4v) is 8.06. The van der Waals surface area contributed by atoms with Gasteiger partial charge < -0.3 is 16.0 Å². The minimum absolute atomic E-state index is 0.144. The highest BCUT2D eigenvalue weighted by atomic mass is 15.3. The number of para-hydroxylation sites is 3. The quantitative estimate of drug-likeness (QED) is 0.157. The maximum Gasteiger partial charge on any atom is 0.233 e. The van der Waals surface area contributed by atoms with E-state index in [-0.39, 0.29) is 16.2 Å². The zero-order valence-electron chi connectivity index (χ0n) is 31.1. The van der Waals surface area contributed by atoms with Crippen LogP contribution in [0.25, 0.3) is 0 Å². The minimum atomic E-state index is -0.144. The van der Waals surface area contributed by atoms with E-state index in [1.165, 1.54) is 50.9 Å². The van der Waals surface area contributed by atoms with Crippen molar-refractivity contribution in [3.63, 3.8) is 0 Å². The highest BCUT2D eigenvalue weighted by Crippen LogP contribution is 2.41. The number of fused-ring (bicyclic) bond motifs is 3. The van der Waals surface area contributed by atoms with Gasteiger partial charge in [0.1, 0.15) is 21.1 Å². The second-order valence-corrected chi connectivity index (χ2v) is 15.0. The molecule has 0 saturated carbocycles. The number of benzene rings is 3. The van der Waals surface area contributed by atoms with E-state index in [9.17, 15) is 0 Å². The summed E-state index contributed by atoms with van der Waals surface area (Å²) < 4.78 is 6.72. The molecule has 258 valence electrons. The lowest BCUT2D eigenvalue weighted by Gasteiger charge is -2.15. The van der Waals surface area contributed by atoms with Crippen LogP contribution in [0.5, 0.6) is 0 Å². The molecular formula is C42H48N9+3. The van der Waals surface area contributed by atoms with Gasteiger partial charge in [-0.1, -0.05) is 54.6 Å². The lowest BCUT2D eigenvalue weighted by molar-refractivity contribution is -0.401. The van der Waals surface area contributed by atoms with Crippen LogP contribution in [0.4, 0.5) is 34.9 Å². The zero-order chi connectivity index (χ0) is 36.1. The molecule has 9 nitrogen and oxygen atoms in total. The summed E-state index contributed by atoms with van der Waals surface area (Å²) in [5, 5.41) is 9.96. The molecule has 51 heavy (non-hydrogen) atoms. The third kappa shape index (κ3) is 5.76. The average Bonchev–Trinajstić information content (AvgIpc) is 3.53. The maximum absolute atomic E-state index is 4.73. The maximum atomic E-state index is 4.73. The van der Waals surface area contributed by atoms with Gasteiger partial charge in [0, 0.05) is 71.7 Å². The van der Waals surface area contributed by atoms with E-state index in [0.29, 0.717) is 17.8 Å². The third-order valence-electron chi connectivity index (χ3n) is 10.8. The first-order valence-corrected chi connectivity index (χ1v) is 17.5. The molecule has 0 atom stereocenters. The van der Waals surface area contributed by atoms with Crippen molar-refractivity contribution < 1.29 is 13.7 Å². The molecule has 0 spiro atoms. The van der Waals surface area contributed by atoms with E-state index in [1.54, 1.807) is 0 Å². The standard InChI is InChI=1S/C42H45N9/c1-40(2)28-16-10-13-19-31(28)49(7)34(40)22-25-43-37-46-38(44-26-23-35-41(3,4)29-17-11-14-20-32(29)50(35)8)48-39(47-37)45-27-24-36-42(5,6)30-18-12-15-21-33(30)51(36)9/h10-27H,1-9H3/p+3. The molecule has 4 heterocycles. The summed E-state index contributed by atoms with van der Waals surface area (Å²) >= 11 is 0. The van der Waals surface area contributed by atoms with Crippen LogP contribution in [-0.4, -0.2) is 67.0 Å². The molecule has 0 aliphatic carbocycles. The molecule has 0 unspecified atom stereocenters. The summed E-state index contributed by atoms with van der Waals surface area (Å²) in [7, 11) is 6.33. The number of anilines is 3. The first-order valence-electron chi connectivity index (χ1n) is 17.5. The first kappa shape index (κ1) is 33.8. The second-order valence-electron chi connectivity index (χ2n) is 15.0. The van der Waals surface area contributed by atoms with Gasteiger partial charge in [0.2, 0.25) is 34.9 Å². The molecule has 3 aliphatic heterocycles. The van der Waals surface area contributed by atoms with Crippen molar-refractivity contribution in [3.05, 3.63) is 126 Å². The number of rotatable bonds is 9. The molecule has 3 aromatic carbocycles. The van der Waals surface area contributed by atoms with Crippen LogP contribution in [-0.2, 0) is 16.2 Å². The Kier molecular flexibility index (Phi) is 8.32. The van der Waals surface area contributed by atoms with Gasteiger partial charge in [-0.05, 0) is 41.5 Å². The molecule has 0 amide bonds. The van der Waals surface area contributed by atoms with Gasteiger partial charge in [-0.2, -0.15) is 28.7 Å². The fraction of sp³-hybridized carbons (Fsp3) is 0.286. The van der Waals surface area contributed by atoms with Crippen LogP contribution in [0.15, 0.2) is 110 Å². The number of allylic oxidation sites excluding steroid dienone is 3. The van der Waals surface area contributed by atoms with Crippen molar-refractivity contribution in [1.29, 1.82) is 0 Å². The number of aromatic nitrogens is 3. The molecule has 3 N–H and O–H groups in total. The topological polar surface area (TPSA) is 83.8 Å². The molecule has 9 heteroatoms. The van der Waals surface area contributed by atoms with Crippen LogP contribution in [0.1, 0.15) is 58.2 Å². The molecule has 4 aromatic rings. The lowest BCUT2D eigenvalue weighted by atomic mass is 9.81. The Morgan fingerprint density at radius 1 is 0.431 bits per heavy atom. The second kappa shape index (κ2) is 12.6. The van der Waals surface area contributed by atoms with Crippen molar-refractivity contribution in [2.75, 3.05) is 37.1 Å². The normalized spacial score (nSPS) is 18.3. The molecule has 1 aromatic heterocycles. The van der Waals surface area contributed by atoms with Crippen molar-refractivity contribution >= 4 is 52.0 Å².